The van der Waals surface area contributed by atoms with Gasteiger partial charge in [0.1, 0.15) is 0 Å². The normalized spacial score (nSPS) is 12.2. The van der Waals surface area contributed by atoms with Crippen LogP contribution >= 0.6 is 15.9 Å². The van der Waals surface area contributed by atoms with Crippen molar-refractivity contribution < 1.29 is 9.84 Å². The second kappa shape index (κ2) is 6.72. The highest BCUT2D eigenvalue weighted by molar-refractivity contribution is 9.10. The molecule has 0 aliphatic carbocycles. The molecule has 0 fully saturated rings. The molecule has 106 valence electrons. The number of nitrogens with one attached hydrogen (secondary N) is 1. The van der Waals surface area contributed by atoms with Crippen molar-refractivity contribution in [1.29, 1.82) is 0 Å². The van der Waals surface area contributed by atoms with E-state index in [2.05, 4.69) is 33.2 Å². The number of pyridine rings is 1. The molecule has 0 bridgehead atoms. The minimum absolute atomic E-state index is 0.122. The van der Waals surface area contributed by atoms with Gasteiger partial charge in [0.2, 0.25) is 0 Å². The maximum absolute atomic E-state index is 9.78. The highest BCUT2D eigenvalue weighted by atomic mass is 79.9. The fraction of sp³-hybridized carbons (Fsp3) is 0.267. The largest absolute Gasteiger partial charge is 0.503 e. The van der Waals surface area contributed by atoms with Crippen molar-refractivity contribution >= 4 is 15.9 Å². The first kappa shape index (κ1) is 14.8. The van der Waals surface area contributed by atoms with Gasteiger partial charge in [-0.3, -0.25) is 4.98 Å². The molecule has 0 amide bonds. The third-order valence-electron chi connectivity index (χ3n) is 3.10. The van der Waals surface area contributed by atoms with Crippen molar-refractivity contribution in [2.75, 3.05) is 7.11 Å². The van der Waals surface area contributed by atoms with E-state index in [1.54, 1.807) is 6.20 Å². The second-order valence-corrected chi connectivity index (χ2v) is 5.37. The van der Waals surface area contributed by atoms with E-state index in [1.165, 1.54) is 7.11 Å². The van der Waals surface area contributed by atoms with Crippen molar-refractivity contribution in [3.63, 3.8) is 0 Å². The summed E-state index contributed by atoms with van der Waals surface area (Å²) in [5, 5.41) is 13.2. The minimum atomic E-state index is 0.122. The van der Waals surface area contributed by atoms with Gasteiger partial charge in [-0.2, -0.15) is 0 Å². The zero-order chi connectivity index (χ0) is 14.5. The Morgan fingerprint density at radius 3 is 2.90 bits per heavy atom. The van der Waals surface area contributed by atoms with Crippen LogP contribution in [-0.2, 0) is 6.54 Å². The lowest BCUT2D eigenvalue weighted by Crippen LogP contribution is -2.18. The number of nitrogens with zero attached hydrogens (tertiary/aromatic N) is 1. The standard InChI is InChI=1S/C15H17BrN2O2/c1-10(12-4-3-5-17-9-12)18-8-11-6-13(16)15(19)14(7-11)20-2/h3-7,9-10,18-19H,8H2,1-2H3/t10-/m0/s1. The van der Waals surface area contributed by atoms with Crippen molar-refractivity contribution in [1.82, 2.24) is 10.3 Å². The van der Waals surface area contributed by atoms with E-state index in [0.717, 1.165) is 11.1 Å². The molecule has 1 aromatic carbocycles. The Morgan fingerprint density at radius 1 is 1.45 bits per heavy atom. The van der Waals surface area contributed by atoms with Crippen LogP contribution in [0.3, 0.4) is 0 Å². The van der Waals surface area contributed by atoms with Gasteiger partial charge in [0.15, 0.2) is 11.5 Å². The number of phenols is 1. The number of aromatic hydroxyl groups is 1. The molecule has 1 heterocycles. The summed E-state index contributed by atoms with van der Waals surface area (Å²) < 4.78 is 5.77. The lowest BCUT2D eigenvalue weighted by Gasteiger charge is -2.15. The molecule has 5 heteroatoms. The average molecular weight is 337 g/mol. The fourth-order valence-electron chi connectivity index (χ4n) is 1.91. The molecule has 2 N–H and O–H groups in total. The smallest absolute Gasteiger partial charge is 0.172 e. The Bertz CT molecular complexity index is 576. The van der Waals surface area contributed by atoms with Crippen molar-refractivity contribution in [3.8, 4) is 11.5 Å². The molecule has 0 saturated carbocycles. The SMILES string of the molecule is COc1cc(CN[C@@H](C)c2cccnc2)cc(Br)c1O. The zero-order valence-corrected chi connectivity index (χ0v) is 13.0. The Kier molecular flexibility index (Phi) is 4.98. The fourth-order valence-corrected chi connectivity index (χ4v) is 2.40. The van der Waals surface area contributed by atoms with Gasteiger partial charge in [-0.25, -0.2) is 0 Å². The number of benzene rings is 1. The van der Waals surface area contributed by atoms with Crippen molar-refractivity contribution in [2.45, 2.75) is 19.5 Å². The molecule has 0 aliphatic rings. The number of methoxy groups -OCH3 is 1. The summed E-state index contributed by atoms with van der Waals surface area (Å²) in [4.78, 5) is 4.11. The highest BCUT2D eigenvalue weighted by Crippen LogP contribution is 2.35. The molecule has 20 heavy (non-hydrogen) atoms. The maximum Gasteiger partial charge on any atom is 0.172 e. The molecule has 1 aromatic heterocycles. The van der Waals surface area contributed by atoms with E-state index in [0.29, 0.717) is 16.8 Å². The third kappa shape index (κ3) is 3.49. The number of rotatable bonds is 5. The van der Waals surface area contributed by atoms with Crippen LogP contribution in [0.1, 0.15) is 24.1 Å². The summed E-state index contributed by atoms with van der Waals surface area (Å²) in [5.41, 5.74) is 2.17. The summed E-state index contributed by atoms with van der Waals surface area (Å²) in [6.45, 7) is 2.76. The van der Waals surface area contributed by atoms with E-state index in [9.17, 15) is 5.11 Å². The molecule has 1 atom stereocenters. The number of hydrogen-bond acceptors (Lipinski definition) is 4. The van der Waals surface area contributed by atoms with Gasteiger partial charge >= 0.3 is 0 Å². The summed E-state index contributed by atoms with van der Waals surface area (Å²) in [7, 11) is 1.54. The van der Waals surface area contributed by atoms with E-state index in [4.69, 9.17) is 4.74 Å². The number of hydrogen-bond donors (Lipinski definition) is 2. The van der Waals surface area contributed by atoms with E-state index in [1.807, 2.05) is 30.5 Å². The van der Waals surface area contributed by atoms with Crippen LogP contribution in [0.5, 0.6) is 11.5 Å². The summed E-state index contributed by atoms with van der Waals surface area (Å²) in [6, 6.07) is 7.86. The molecule has 4 nitrogen and oxygen atoms in total. The number of halogens is 1. The molecule has 0 spiro atoms. The average Bonchev–Trinajstić information content (AvgIpc) is 2.48. The van der Waals surface area contributed by atoms with Crippen LogP contribution in [0, 0.1) is 0 Å². The van der Waals surface area contributed by atoms with Crippen molar-refractivity contribution in [2.24, 2.45) is 0 Å². The van der Waals surface area contributed by atoms with Crippen LogP contribution in [0.2, 0.25) is 0 Å². The quantitative estimate of drug-likeness (QED) is 0.878. The van der Waals surface area contributed by atoms with E-state index >= 15 is 0 Å². The summed E-state index contributed by atoms with van der Waals surface area (Å²) in [5.74, 6) is 0.585. The first-order valence-corrected chi connectivity index (χ1v) is 7.09. The first-order valence-electron chi connectivity index (χ1n) is 6.30. The predicted octanol–water partition coefficient (Wildman–Crippen LogP) is 3.41. The monoisotopic (exact) mass is 336 g/mol. The summed E-state index contributed by atoms with van der Waals surface area (Å²) in [6.07, 6.45) is 3.61. The second-order valence-electron chi connectivity index (χ2n) is 4.52. The van der Waals surface area contributed by atoms with Gasteiger partial charge in [0, 0.05) is 25.0 Å². The lowest BCUT2D eigenvalue weighted by molar-refractivity contribution is 0.371. The lowest BCUT2D eigenvalue weighted by atomic mass is 10.1. The van der Waals surface area contributed by atoms with Crippen LogP contribution in [-0.4, -0.2) is 17.2 Å². The predicted molar refractivity (Wildman–Crippen MR) is 81.9 cm³/mol. The van der Waals surface area contributed by atoms with Gasteiger partial charge in [-0.05, 0) is 52.2 Å². The molecule has 2 aromatic rings. The topological polar surface area (TPSA) is 54.4 Å². The maximum atomic E-state index is 9.78. The van der Waals surface area contributed by atoms with Gasteiger partial charge < -0.3 is 15.2 Å². The van der Waals surface area contributed by atoms with E-state index < -0.39 is 0 Å². The van der Waals surface area contributed by atoms with Gasteiger partial charge in [0.05, 0.1) is 11.6 Å². The molecule has 0 aliphatic heterocycles. The molecule has 0 unspecified atom stereocenters. The Hall–Kier alpha value is -1.59. The Balaban J connectivity index is 2.06. The molecular formula is C15H17BrN2O2. The minimum Gasteiger partial charge on any atom is -0.503 e. The zero-order valence-electron chi connectivity index (χ0n) is 11.4. The Labute approximate surface area is 126 Å². The third-order valence-corrected chi connectivity index (χ3v) is 3.71. The molecular weight excluding hydrogens is 320 g/mol. The molecule has 0 saturated heterocycles. The van der Waals surface area contributed by atoms with Crippen molar-refractivity contribution in [3.05, 3.63) is 52.3 Å². The highest BCUT2D eigenvalue weighted by Gasteiger charge is 2.10. The first-order chi connectivity index (χ1) is 9.61. The van der Waals surface area contributed by atoms with E-state index in [-0.39, 0.29) is 11.8 Å². The number of aromatic nitrogens is 1. The number of phenolic OH excluding ortho intramolecular Hbond substituents is 1. The van der Waals surface area contributed by atoms with Crippen LogP contribution in [0.15, 0.2) is 41.1 Å². The molecule has 0 radical (unpaired) electrons. The van der Waals surface area contributed by atoms with Crippen LogP contribution in [0.25, 0.3) is 0 Å². The molecule has 2 rings (SSSR count). The van der Waals surface area contributed by atoms with Gasteiger partial charge in [-0.1, -0.05) is 6.07 Å². The van der Waals surface area contributed by atoms with Gasteiger partial charge in [0.25, 0.3) is 0 Å². The summed E-state index contributed by atoms with van der Waals surface area (Å²) >= 11 is 3.32. The van der Waals surface area contributed by atoms with Gasteiger partial charge in [-0.15, -0.1) is 0 Å². The van der Waals surface area contributed by atoms with Crippen LogP contribution < -0.4 is 10.1 Å². The number of ether oxygens (including phenoxy) is 1. The Morgan fingerprint density at radius 2 is 2.25 bits per heavy atom. The van der Waals surface area contributed by atoms with Crippen LogP contribution in [0.4, 0.5) is 0 Å².